The number of carboxylic acid groups (broad SMARTS) is 1. The van der Waals surface area contributed by atoms with E-state index in [0.717, 1.165) is 18.9 Å². The van der Waals surface area contributed by atoms with Crippen LogP contribution in [-0.4, -0.2) is 51.8 Å². The van der Waals surface area contributed by atoms with Crippen molar-refractivity contribution < 1.29 is 24.4 Å². The summed E-state index contributed by atoms with van der Waals surface area (Å²) in [4.78, 5) is 48.2. The second-order valence-corrected chi connectivity index (χ2v) is 7.19. The molecule has 0 aromatic heterocycles. The third-order valence-electron chi connectivity index (χ3n) is 5.26. The Morgan fingerprint density at radius 1 is 1.30 bits per heavy atom. The van der Waals surface area contributed by atoms with Crippen molar-refractivity contribution in [2.45, 2.75) is 25.8 Å². The number of nitrogens with zero attached hydrogens (tertiary/aromatic N) is 2. The van der Waals surface area contributed by atoms with Crippen molar-refractivity contribution >= 4 is 23.5 Å². The molecule has 1 aliphatic heterocycles. The first-order valence-corrected chi connectivity index (χ1v) is 8.85. The minimum Gasteiger partial charge on any atom is -0.481 e. The first kappa shape index (κ1) is 18.8. The number of amides is 2. The van der Waals surface area contributed by atoms with E-state index in [1.165, 1.54) is 30.0 Å². The van der Waals surface area contributed by atoms with E-state index in [4.69, 9.17) is 0 Å². The van der Waals surface area contributed by atoms with Gasteiger partial charge in [0.05, 0.1) is 10.8 Å². The van der Waals surface area contributed by atoms with Gasteiger partial charge in [-0.25, -0.2) is 0 Å². The fraction of sp³-hybridized carbons (Fsp3) is 0.500. The van der Waals surface area contributed by atoms with Crippen LogP contribution in [0, 0.1) is 27.9 Å². The molecule has 3 atom stereocenters. The topological polar surface area (TPSA) is 130 Å². The number of hydrogen-bond acceptors (Lipinski definition) is 5. The molecule has 27 heavy (non-hydrogen) atoms. The molecule has 0 radical (unpaired) electrons. The van der Waals surface area contributed by atoms with Gasteiger partial charge in [-0.05, 0) is 37.7 Å². The summed E-state index contributed by atoms with van der Waals surface area (Å²) in [5.74, 6) is -2.07. The monoisotopic (exact) mass is 375 g/mol. The molecule has 0 spiro atoms. The van der Waals surface area contributed by atoms with Crippen LogP contribution in [0.5, 0.6) is 0 Å². The molecule has 9 nitrogen and oxygen atoms in total. The summed E-state index contributed by atoms with van der Waals surface area (Å²) in [7, 11) is 0. The van der Waals surface area contributed by atoms with Crippen LogP contribution >= 0.6 is 0 Å². The molecule has 2 fully saturated rings. The SMILES string of the molecule is CC(NC(=O)c1cccc([N+](=O)[O-])c1)C(=O)N1C[C@H](C(=O)O)[C@@H](C2CC2)C1. The number of carboxylic acids is 1. The van der Waals surface area contributed by atoms with Crippen molar-refractivity contribution in [1.29, 1.82) is 0 Å². The molecular formula is C18H21N3O6. The van der Waals surface area contributed by atoms with Gasteiger partial charge >= 0.3 is 5.97 Å². The molecule has 1 aliphatic carbocycles. The van der Waals surface area contributed by atoms with Crippen LogP contribution in [0.2, 0.25) is 0 Å². The van der Waals surface area contributed by atoms with Gasteiger partial charge in [-0.1, -0.05) is 6.07 Å². The van der Waals surface area contributed by atoms with E-state index >= 15 is 0 Å². The minimum atomic E-state index is -0.893. The van der Waals surface area contributed by atoms with Gasteiger partial charge in [-0.15, -0.1) is 0 Å². The Balaban J connectivity index is 1.63. The van der Waals surface area contributed by atoms with E-state index in [-0.39, 0.29) is 29.6 Å². The number of carbonyl (C=O) groups excluding carboxylic acids is 2. The second-order valence-electron chi connectivity index (χ2n) is 7.19. The van der Waals surface area contributed by atoms with Gasteiger partial charge in [0, 0.05) is 30.8 Å². The number of nitro groups is 1. The van der Waals surface area contributed by atoms with Crippen LogP contribution in [0.3, 0.4) is 0 Å². The van der Waals surface area contributed by atoms with Crippen LogP contribution in [0.25, 0.3) is 0 Å². The fourth-order valence-corrected chi connectivity index (χ4v) is 3.65. The molecule has 1 heterocycles. The van der Waals surface area contributed by atoms with Crippen LogP contribution < -0.4 is 5.32 Å². The summed E-state index contributed by atoms with van der Waals surface area (Å²) in [5.41, 5.74) is -0.123. The van der Waals surface area contributed by atoms with E-state index in [2.05, 4.69) is 5.32 Å². The van der Waals surface area contributed by atoms with Crippen LogP contribution in [-0.2, 0) is 9.59 Å². The van der Waals surface area contributed by atoms with E-state index in [1.54, 1.807) is 0 Å². The molecule has 1 unspecified atom stereocenters. The molecule has 3 rings (SSSR count). The predicted octanol–water partition coefficient (Wildman–Crippen LogP) is 1.28. The molecular weight excluding hydrogens is 354 g/mol. The molecule has 1 aromatic carbocycles. The Bertz CT molecular complexity index is 791. The number of nitrogens with one attached hydrogen (secondary N) is 1. The Hall–Kier alpha value is -2.97. The van der Waals surface area contributed by atoms with Crippen molar-refractivity contribution in [2.75, 3.05) is 13.1 Å². The number of nitro benzene ring substituents is 1. The largest absolute Gasteiger partial charge is 0.481 e. The third kappa shape index (κ3) is 4.07. The maximum Gasteiger partial charge on any atom is 0.308 e. The van der Waals surface area contributed by atoms with Crippen LogP contribution in [0.4, 0.5) is 5.69 Å². The zero-order chi connectivity index (χ0) is 19.7. The molecule has 144 valence electrons. The molecule has 1 aromatic rings. The lowest BCUT2D eigenvalue weighted by Crippen LogP contribution is -2.46. The summed E-state index contributed by atoms with van der Waals surface area (Å²) in [6.45, 7) is 2.06. The Labute approximate surface area is 155 Å². The smallest absolute Gasteiger partial charge is 0.308 e. The van der Waals surface area contributed by atoms with Crippen molar-refractivity contribution in [3.05, 3.63) is 39.9 Å². The molecule has 1 saturated heterocycles. The van der Waals surface area contributed by atoms with Gasteiger partial charge in [-0.3, -0.25) is 24.5 Å². The molecule has 2 aliphatic rings. The first-order valence-electron chi connectivity index (χ1n) is 8.85. The number of rotatable bonds is 6. The standard InChI is InChI=1S/C18H21N3O6/c1-10(19-16(22)12-3-2-4-13(7-12)21(26)27)17(23)20-8-14(11-5-6-11)15(9-20)18(24)25/h2-4,7,10-11,14-15H,5-6,8-9H2,1H3,(H,19,22)(H,24,25)/t10?,14-,15+/m1/s1. The number of hydrogen-bond donors (Lipinski definition) is 2. The van der Waals surface area contributed by atoms with Crippen molar-refractivity contribution in [1.82, 2.24) is 10.2 Å². The Morgan fingerprint density at radius 2 is 2.00 bits per heavy atom. The zero-order valence-electron chi connectivity index (χ0n) is 14.8. The van der Waals surface area contributed by atoms with Crippen molar-refractivity contribution in [3.63, 3.8) is 0 Å². The van der Waals surface area contributed by atoms with Gasteiger partial charge < -0.3 is 15.3 Å². The van der Waals surface area contributed by atoms with Gasteiger partial charge in [0.15, 0.2) is 0 Å². The number of aliphatic carboxylic acids is 1. The quantitative estimate of drug-likeness (QED) is 0.569. The number of non-ortho nitro benzene ring substituents is 1. The van der Waals surface area contributed by atoms with E-state index < -0.39 is 28.8 Å². The number of carbonyl (C=O) groups is 3. The normalized spacial score (nSPS) is 22.9. The van der Waals surface area contributed by atoms with E-state index in [1.807, 2.05) is 0 Å². The van der Waals surface area contributed by atoms with E-state index in [9.17, 15) is 29.6 Å². The molecule has 9 heteroatoms. The first-order chi connectivity index (χ1) is 12.8. The fourth-order valence-electron chi connectivity index (χ4n) is 3.65. The van der Waals surface area contributed by atoms with Crippen LogP contribution in [0.1, 0.15) is 30.1 Å². The molecule has 2 N–H and O–H groups in total. The summed E-state index contributed by atoms with van der Waals surface area (Å²) >= 11 is 0. The highest BCUT2D eigenvalue weighted by Gasteiger charge is 2.47. The van der Waals surface area contributed by atoms with Gasteiger partial charge in [-0.2, -0.15) is 0 Å². The third-order valence-corrected chi connectivity index (χ3v) is 5.26. The van der Waals surface area contributed by atoms with Crippen molar-refractivity contribution in [3.8, 4) is 0 Å². The lowest BCUT2D eigenvalue weighted by Gasteiger charge is -2.21. The van der Waals surface area contributed by atoms with Crippen LogP contribution in [0.15, 0.2) is 24.3 Å². The predicted molar refractivity (Wildman–Crippen MR) is 93.9 cm³/mol. The maximum absolute atomic E-state index is 12.7. The average Bonchev–Trinajstić information content (AvgIpc) is 3.38. The molecule has 2 amide bonds. The zero-order valence-corrected chi connectivity index (χ0v) is 14.8. The highest BCUT2D eigenvalue weighted by atomic mass is 16.6. The summed E-state index contributed by atoms with van der Waals surface area (Å²) in [5, 5.41) is 22.8. The van der Waals surface area contributed by atoms with Crippen molar-refractivity contribution in [2.24, 2.45) is 17.8 Å². The number of benzene rings is 1. The summed E-state index contributed by atoms with van der Waals surface area (Å²) in [6, 6.07) is 4.40. The number of likely N-dealkylation sites (tertiary alicyclic amines) is 1. The summed E-state index contributed by atoms with van der Waals surface area (Å²) in [6.07, 6.45) is 1.99. The maximum atomic E-state index is 12.7. The Kier molecular flexibility index (Phi) is 5.11. The molecule has 1 saturated carbocycles. The highest BCUT2D eigenvalue weighted by molar-refractivity contribution is 5.98. The van der Waals surface area contributed by atoms with Gasteiger partial charge in [0.2, 0.25) is 5.91 Å². The lowest BCUT2D eigenvalue weighted by molar-refractivity contribution is -0.384. The minimum absolute atomic E-state index is 0.0360. The highest BCUT2D eigenvalue weighted by Crippen LogP contribution is 2.44. The van der Waals surface area contributed by atoms with Gasteiger partial charge in [0.25, 0.3) is 11.6 Å². The second kappa shape index (κ2) is 7.34. The average molecular weight is 375 g/mol. The lowest BCUT2D eigenvalue weighted by atomic mass is 9.92. The summed E-state index contributed by atoms with van der Waals surface area (Å²) < 4.78 is 0. The Morgan fingerprint density at radius 3 is 2.59 bits per heavy atom. The van der Waals surface area contributed by atoms with E-state index in [0.29, 0.717) is 12.5 Å². The van der Waals surface area contributed by atoms with Gasteiger partial charge in [0.1, 0.15) is 6.04 Å². The molecule has 0 bridgehead atoms.